The lowest BCUT2D eigenvalue weighted by Crippen LogP contribution is -2.70. The minimum Gasteiger partial charge on any atom is -0.480 e. The summed E-state index contributed by atoms with van der Waals surface area (Å²) in [6, 6.07) is 4.77. The molecule has 1 aromatic carbocycles. The molecule has 2 saturated heterocycles. The van der Waals surface area contributed by atoms with Gasteiger partial charge in [-0.15, -0.1) is 11.8 Å². The molecule has 1 unspecified atom stereocenters. The van der Waals surface area contributed by atoms with Crippen LogP contribution >= 0.6 is 11.8 Å². The lowest BCUT2D eigenvalue weighted by atomic mass is 9.96. The van der Waals surface area contributed by atoms with Gasteiger partial charge in [0.1, 0.15) is 17.5 Å². The Morgan fingerprint density at radius 1 is 1.41 bits per heavy atom. The first-order valence-corrected chi connectivity index (χ1v) is 10.8. The second kappa shape index (κ2) is 7.70. The van der Waals surface area contributed by atoms with Gasteiger partial charge in [0.05, 0.1) is 0 Å². The molecule has 0 aromatic heterocycles. The molecule has 158 valence electrons. The summed E-state index contributed by atoms with van der Waals surface area (Å²) in [6.45, 7) is 4.55. The van der Waals surface area contributed by atoms with E-state index in [1.54, 1.807) is 11.8 Å². The van der Waals surface area contributed by atoms with Gasteiger partial charge in [-0.2, -0.15) is 0 Å². The molecule has 3 heterocycles. The molecule has 4 atom stereocenters. The number of carboxylic acid groups (broad SMARTS) is 1. The first-order chi connectivity index (χ1) is 13.8. The van der Waals surface area contributed by atoms with E-state index in [4.69, 9.17) is 15.2 Å². The molecule has 1 amide bonds. The molecule has 4 rings (SSSR count). The summed E-state index contributed by atoms with van der Waals surface area (Å²) in [4.78, 5) is 25.5. The Kier molecular flexibility index (Phi) is 5.39. The highest BCUT2D eigenvalue weighted by Crippen LogP contribution is 2.50. The van der Waals surface area contributed by atoms with Crippen LogP contribution in [0, 0.1) is 0 Å². The normalized spacial score (nSPS) is 27.5. The average Bonchev–Trinajstić information content (AvgIpc) is 3.21. The monoisotopic (exact) mass is 421 g/mol. The van der Waals surface area contributed by atoms with Crippen molar-refractivity contribution in [2.45, 2.75) is 61.4 Å². The Morgan fingerprint density at radius 2 is 2.17 bits per heavy atom. The Labute approximate surface area is 174 Å². The van der Waals surface area contributed by atoms with Crippen LogP contribution in [0.15, 0.2) is 18.2 Å². The predicted octanol–water partition coefficient (Wildman–Crippen LogP) is 1.17. The Bertz CT molecular complexity index is 817. The molecule has 0 saturated carbocycles. The summed E-state index contributed by atoms with van der Waals surface area (Å²) >= 11 is 1.54. The third kappa shape index (κ3) is 3.78. The Hall–Kier alpha value is -1.97. The fraction of sp³-hybridized carbons (Fsp3) is 0.600. The van der Waals surface area contributed by atoms with E-state index in [0.29, 0.717) is 6.54 Å². The maximum atomic E-state index is 12.5. The first kappa shape index (κ1) is 20.3. The first-order valence-electron chi connectivity index (χ1n) is 9.88. The van der Waals surface area contributed by atoms with Crippen molar-refractivity contribution < 1.29 is 24.2 Å². The Balaban J connectivity index is 1.22. The van der Waals surface area contributed by atoms with Gasteiger partial charge in [0.25, 0.3) is 0 Å². The third-order valence-corrected chi connectivity index (χ3v) is 7.32. The summed E-state index contributed by atoms with van der Waals surface area (Å²) in [6.07, 6.45) is 2.65. The molecule has 3 aliphatic heterocycles. The smallest absolute Gasteiger partial charge is 0.327 e. The van der Waals surface area contributed by atoms with Crippen molar-refractivity contribution in [2.24, 2.45) is 5.73 Å². The number of thioether (sulfide) groups is 1. The number of carbonyl (C=O) groups excluding carboxylic acids is 1. The highest BCUT2D eigenvalue weighted by atomic mass is 32.2. The van der Waals surface area contributed by atoms with Crippen molar-refractivity contribution in [3.05, 3.63) is 23.8 Å². The van der Waals surface area contributed by atoms with Crippen LogP contribution in [0.3, 0.4) is 0 Å². The van der Waals surface area contributed by atoms with Crippen LogP contribution < -0.4 is 20.5 Å². The van der Waals surface area contributed by atoms with Gasteiger partial charge >= 0.3 is 5.97 Å². The summed E-state index contributed by atoms with van der Waals surface area (Å²) in [7, 11) is 0. The second-order valence-corrected chi connectivity index (χ2v) is 10.1. The number of ether oxygens (including phenoxy) is 2. The highest BCUT2D eigenvalue weighted by molar-refractivity contribution is 8.01. The van der Waals surface area contributed by atoms with E-state index in [1.807, 2.05) is 32.0 Å². The van der Waals surface area contributed by atoms with Gasteiger partial charge in [-0.05, 0) is 50.8 Å². The van der Waals surface area contributed by atoms with Crippen LogP contribution in [-0.2, 0) is 16.0 Å². The number of aliphatic carboxylic acids is 1. The summed E-state index contributed by atoms with van der Waals surface area (Å²) < 4.78 is 10.2. The van der Waals surface area contributed by atoms with Gasteiger partial charge in [-0.3, -0.25) is 4.79 Å². The zero-order valence-electron chi connectivity index (χ0n) is 16.6. The predicted molar refractivity (Wildman–Crippen MR) is 109 cm³/mol. The maximum Gasteiger partial charge on any atom is 0.327 e. The molecule has 1 aromatic rings. The zero-order valence-corrected chi connectivity index (χ0v) is 17.4. The fourth-order valence-corrected chi connectivity index (χ4v) is 5.90. The van der Waals surface area contributed by atoms with E-state index >= 15 is 0 Å². The molecule has 0 radical (unpaired) electrons. The molecule has 2 fully saturated rings. The molecule has 9 heteroatoms. The number of β-lactam (4-membered cyclic amide) rings is 1. The van der Waals surface area contributed by atoms with Gasteiger partial charge in [-0.25, -0.2) is 4.79 Å². The number of nitrogens with two attached hydrogens (primary N) is 1. The van der Waals surface area contributed by atoms with Crippen molar-refractivity contribution in [2.75, 3.05) is 13.3 Å². The minimum absolute atomic E-state index is 0.0689. The van der Waals surface area contributed by atoms with E-state index in [0.717, 1.165) is 30.8 Å². The molecule has 29 heavy (non-hydrogen) atoms. The van der Waals surface area contributed by atoms with Gasteiger partial charge in [0, 0.05) is 17.3 Å². The quantitative estimate of drug-likeness (QED) is 0.536. The van der Waals surface area contributed by atoms with E-state index in [9.17, 15) is 14.7 Å². The van der Waals surface area contributed by atoms with Crippen LogP contribution in [0.25, 0.3) is 0 Å². The molecule has 4 N–H and O–H groups in total. The van der Waals surface area contributed by atoms with Crippen LogP contribution in [0.5, 0.6) is 11.5 Å². The molecule has 8 nitrogen and oxygen atoms in total. The number of hydrogen-bond acceptors (Lipinski definition) is 7. The van der Waals surface area contributed by atoms with Crippen LogP contribution in [-0.4, -0.2) is 63.5 Å². The standard InChI is InChI=1S/C20H27N3O5S/c1-20(2)16(19(25)26)23-17(24)15(18(23)29-20)22-9-12(21)5-3-4-11-6-7-13-14(8-11)28-10-27-13/h6-8,12,15-16,18,22H,3-5,9-10,21H2,1-2H3,(H,25,26)/t12?,15-,16+,18-/m1/s1. The molecule has 0 bridgehead atoms. The maximum absolute atomic E-state index is 12.5. The van der Waals surface area contributed by atoms with Crippen molar-refractivity contribution in [3.63, 3.8) is 0 Å². The van der Waals surface area contributed by atoms with Crippen molar-refractivity contribution >= 4 is 23.6 Å². The molecular formula is C20H27N3O5S. The Morgan fingerprint density at radius 3 is 2.93 bits per heavy atom. The van der Waals surface area contributed by atoms with Gasteiger partial charge in [0.2, 0.25) is 12.7 Å². The van der Waals surface area contributed by atoms with Crippen molar-refractivity contribution in [1.29, 1.82) is 0 Å². The number of benzene rings is 1. The third-order valence-electron chi connectivity index (χ3n) is 5.75. The van der Waals surface area contributed by atoms with Crippen LogP contribution in [0.1, 0.15) is 32.3 Å². The number of carboxylic acids is 1. The second-order valence-electron chi connectivity index (χ2n) is 8.32. The van der Waals surface area contributed by atoms with Crippen molar-refractivity contribution in [3.8, 4) is 11.5 Å². The molecule has 0 spiro atoms. The lowest BCUT2D eigenvalue weighted by Gasteiger charge is -2.44. The number of rotatable bonds is 8. The lowest BCUT2D eigenvalue weighted by molar-refractivity contribution is -0.160. The van der Waals surface area contributed by atoms with E-state index in [1.165, 1.54) is 10.5 Å². The summed E-state index contributed by atoms with van der Waals surface area (Å²) in [5.74, 6) is 0.482. The largest absolute Gasteiger partial charge is 0.480 e. The fourth-order valence-electron chi connectivity index (χ4n) is 4.25. The van der Waals surface area contributed by atoms with E-state index < -0.39 is 16.8 Å². The van der Waals surface area contributed by atoms with Crippen LogP contribution in [0.4, 0.5) is 0 Å². The van der Waals surface area contributed by atoms with Gasteiger partial charge < -0.3 is 30.5 Å². The zero-order chi connectivity index (χ0) is 20.8. The highest BCUT2D eigenvalue weighted by Gasteiger charge is 2.63. The number of amides is 1. The minimum atomic E-state index is -0.947. The summed E-state index contributed by atoms with van der Waals surface area (Å²) in [5.41, 5.74) is 7.42. The molecule has 0 aliphatic carbocycles. The number of nitrogens with one attached hydrogen (secondary N) is 1. The number of hydrogen-bond donors (Lipinski definition) is 3. The summed E-state index contributed by atoms with van der Waals surface area (Å²) in [5, 5.41) is 12.6. The molecule has 3 aliphatic rings. The topological polar surface area (TPSA) is 114 Å². The van der Waals surface area contributed by atoms with E-state index in [-0.39, 0.29) is 30.2 Å². The number of aryl methyl sites for hydroxylation is 1. The van der Waals surface area contributed by atoms with Gasteiger partial charge in [0.15, 0.2) is 11.5 Å². The average molecular weight is 422 g/mol. The molecular weight excluding hydrogens is 394 g/mol. The van der Waals surface area contributed by atoms with Crippen molar-refractivity contribution in [1.82, 2.24) is 10.2 Å². The number of fused-ring (bicyclic) bond motifs is 2. The van der Waals surface area contributed by atoms with Crippen LogP contribution in [0.2, 0.25) is 0 Å². The SMILES string of the molecule is CC1(C)S[C@@H]2[C@H](NCC(N)CCCc3ccc4c(c3)OCO4)C(=O)N2[C@H]1C(=O)O. The van der Waals surface area contributed by atoms with Gasteiger partial charge in [-0.1, -0.05) is 6.07 Å². The number of nitrogens with zero attached hydrogens (tertiary/aromatic N) is 1. The number of carbonyl (C=O) groups is 2. The van der Waals surface area contributed by atoms with E-state index in [2.05, 4.69) is 5.32 Å².